The Bertz CT molecular complexity index is 808. The van der Waals surface area contributed by atoms with Crippen LogP contribution in [-0.4, -0.2) is 20.1 Å². The van der Waals surface area contributed by atoms with Crippen molar-refractivity contribution in [2.75, 3.05) is 30.4 Å². The molecular formula is C25H35BrN2. The van der Waals surface area contributed by atoms with Crippen molar-refractivity contribution in [3.63, 3.8) is 0 Å². The van der Waals surface area contributed by atoms with E-state index in [4.69, 9.17) is 0 Å². The maximum absolute atomic E-state index is 3.64. The summed E-state index contributed by atoms with van der Waals surface area (Å²) >= 11 is 3.64. The van der Waals surface area contributed by atoms with Crippen molar-refractivity contribution in [3.05, 3.63) is 63.6 Å². The van der Waals surface area contributed by atoms with Crippen molar-refractivity contribution in [2.24, 2.45) is 0 Å². The minimum absolute atomic E-state index is 0.0910. The Hall–Kier alpha value is -1.74. The minimum atomic E-state index is 0.0910. The Morgan fingerprint density at radius 3 is 2.36 bits per heavy atom. The van der Waals surface area contributed by atoms with Gasteiger partial charge in [0.15, 0.2) is 0 Å². The van der Waals surface area contributed by atoms with Crippen LogP contribution < -0.4 is 10.2 Å². The second-order valence-corrected chi connectivity index (χ2v) is 8.59. The molecule has 1 unspecified atom stereocenters. The number of hydrogen-bond donors (Lipinski definition) is 1. The first-order valence-corrected chi connectivity index (χ1v) is 11.2. The van der Waals surface area contributed by atoms with Crippen molar-refractivity contribution in [1.82, 2.24) is 0 Å². The summed E-state index contributed by atoms with van der Waals surface area (Å²) in [6.45, 7) is 13.3. The molecule has 0 aliphatic rings. The number of rotatable bonds is 9. The van der Waals surface area contributed by atoms with Gasteiger partial charge in [0, 0.05) is 36.0 Å². The molecule has 2 aromatic carbocycles. The molecule has 0 fully saturated rings. The number of benzene rings is 2. The van der Waals surface area contributed by atoms with Gasteiger partial charge in [-0.25, -0.2) is 0 Å². The summed E-state index contributed by atoms with van der Waals surface area (Å²) in [5.41, 5.74) is 6.61. The van der Waals surface area contributed by atoms with E-state index in [2.05, 4.69) is 109 Å². The summed E-state index contributed by atoms with van der Waals surface area (Å²) in [5.74, 6) is 0. The molecule has 0 spiro atoms. The maximum atomic E-state index is 3.64. The third-order valence-electron chi connectivity index (χ3n) is 5.93. The molecule has 2 nitrogen and oxygen atoms in total. The first-order chi connectivity index (χ1) is 13.4. The van der Waals surface area contributed by atoms with Crippen LogP contribution in [0.4, 0.5) is 11.4 Å². The van der Waals surface area contributed by atoms with Crippen LogP contribution >= 0.6 is 15.9 Å². The number of aryl methyl sites for hydroxylation is 1. The van der Waals surface area contributed by atoms with Crippen molar-refractivity contribution >= 4 is 33.4 Å². The van der Waals surface area contributed by atoms with Crippen molar-refractivity contribution in [1.29, 1.82) is 0 Å². The van der Waals surface area contributed by atoms with Gasteiger partial charge in [-0.15, -0.1) is 0 Å². The Morgan fingerprint density at radius 1 is 1.07 bits per heavy atom. The molecule has 0 aliphatic heterocycles. The van der Waals surface area contributed by atoms with E-state index in [1.807, 2.05) is 7.05 Å². The number of anilines is 2. The van der Waals surface area contributed by atoms with Gasteiger partial charge in [-0.3, -0.25) is 0 Å². The zero-order valence-corrected chi connectivity index (χ0v) is 19.9. The van der Waals surface area contributed by atoms with E-state index >= 15 is 0 Å². The summed E-state index contributed by atoms with van der Waals surface area (Å²) in [5, 5.41) is 3.36. The lowest BCUT2D eigenvalue weighted by Gasteiger charge is -2.30. The molecule has 0 aliphatic carbocycles. The van der Waals surface area contributed by atoms with Crippen LogP contribution in [0, 0.1) is 6.92 Å². The van der Waals surface area contributed by atoms with Crippen LogP contribution in [-0.2, 0) is 5.41 Å². The predicted octanol–water partition coefficient (Wildman–Crippen LogP) is 7.42. The quantitative estimate of drug-likeness (QED) is 0.434. The maximum Gasteiger partial charge on any atom is 0.0376 e. The smallest absolute Gasteiger partial charge is 0.0376 e. The van der Waals surface area contributed by atoms with Crippen molar-refractivity contribution < 1.29 is 0 Å². The SMILES string of the molecule is CCN(CC)c1ccc(/C=C/CC(C)(CC)c2cc(Br)ccc2NC)c(C)c1. The van der Waals surface area contributed by atoms with Crippen LogP contribution in [0.15, 0.2) is 46.9 Å². The van der Waals surface area contributed by atoms with Crippen LogP contribution in [0.2, 0.25) is 0 Å². The first kappa shape index (κ1) is 22.5. The molecule has 0 amide bonds. The highest BCUT2D eigenvalue weighted by Crippen LogP contribution is 2.38. The number of hydrogen-bond acceptors (Lipinski definition) is 2. The zero-order chi connectivity index (χ0) is 20.7. The van der Waals surface area contributed by atoms with Crippen LogP contribution in [0.3, 0.4) is 0 Å². The Labute approximate surface area is 180 Å². The lowest BCUT2D eigenvalue weighted by molar-refractivity contribution is 0.463. The monoisotopic (exact) mass is 442 g/mol. The van der Waals surface area contributed by atoms with Gasteiger partial charge in [0.05, 0.1) is 0 Å². The zero-order valence-electron chi connectivity index (χ0n) is 18.3. The lowest BCUT2D eigenvalue weighted by Crippen LogP contribution is -2.22. The molecule has 0 saturated carbocycles. The fraction of sp³-hybridized carbons (Fsp3) is 0.440. The second kappa shape index (κ2) is 10.2. The topological polar surface area (TPSA) is 15.3 Å². The Kier molecular flexibility index (Phi) is 8.18. The summed E-state index contributed by atoms with van der Waals surface area (Å²) in [4.78, 5) is 2.39. The molecule has 152 valence electrons. The van der Waals surface area contributed by atoms with Gasteiger partial charge in [0.25, 0.3) is 0 Å². The summed E-state index contributed by atoms with van der Waals surface area (Å²) < 4.78 is 1.13. The molecule has 0 saturated heterocycles. The molecule has 0 radical (unpaired) electrons. The summed E-state index contributed by atoms with van der Waals surface area (Å²) in [7, 11) is 2.00. The van der Waals surface area contributed by atoms with Gasteiger partial charge in [-0.2, -0.15) is 0 Å². The van der Waals surface area contributed by atoms with Gasteiger partial charge in [-0.1, -0.05) is 48.0 Å². The van der Waals surface area contributed by atoms with Crippen LogP contribution in [0.25, 0.3) is 6.08 Å². The second-order valence-electron chi connectivity index (χ2n) is 7.67. The van der Waals surface area contributed by atoms with Gasteiger partial charge in [0.2, 0.25) is 0 Å². The van der Waals surface area contributed by atoms with Crippen molar-refractivity contribution in [2.45, 2.75) is 52.9 Å². The van der Waals surface area contributed by atoms with E-state index in [1.165, 1.54) is 28.1 Å². The molecular weight excluding hydrogens is 408 g/mol. The molecule has 3 heteroatoms. The third-order valence-corrected chi connectivity index (χ3v) is 6.42. The van der Waals surface area contributed by atoms with Gasteiger partial charge >= 0.3 is 0 Å². The molecule has 1 N–H and O–H groups in total. The molecule has 2 rings (SSSR count). The number of allylic oxidation sites excluding steroid dienone is 1. The Balaban J connectivity index is 2.23. The van der Waals surface area contributed by atoms with E-state index < -0.39 is 0 Å². The average Bonchev–Trinajstić information content (AvgIpc) is 2.70. The first-order valence-electron chi connectivity index (χ1n) is 10.4. The molecule has 28 heavy (non-hydrogen) atoms. The number of nitrogens with zero attached hydrogens (tertiary/aromatic N) is 1. The Morgan fingerprint density at radius 2 is 1.79 bits per heavy atom. The normalized spacial score (nSPS) is 13.5. The minimum Gasteiger partial charge on any atom is -0.388 e. The third kappa shape index (κ3) is 5.20. The van der Waals surface area contributed by atoms with E-state index in [1.54, 1.807) is 0 Å². The highest BCUT2D eigenvalue weighted by atomic mass is 79.9. The fourth-order valence-corrected chi connectivity index (χ4v) is 4.12. The van der Waals surface area contributed by atoms with Crippen molar-refractivity contribution in [3.8, 4) is 0 Å². The average molecular weight is 443 g/mol. The molecule has 0 aromatic heterocycles. The number of nitrogens with one attached hydrogen (secondary N) is 1. The van der Waals surface area contributed by atoms with Gasteiger partial charge in [-0.05, 0) is 86.1 Å². The number of halogens is 1. The summed E-state index contributed by atoms with van der Waals surface area (Å²) in [6, 6.07) is 13.3. The van der Waals surface area contributed by atoms with E-state index in [9.17, 15) is 0 Å². The van der Waals surface area contributed by atoms with E-state index in [-0.39, 0.29) is 5.41 Å². The summed E-state index contributed by atoms with van der Waals surface area (Å²) in [6.07, 6.45) is 6.71. The predicted molar refractivity (Wildman–Crippen MR) is 130 cm³/mol. The molecule has 0 bridgehead atoms. The van der Waals surface area contributed by atoms with Crippen LogP contribution in [0.1, 0.15) is 57.2 Å². The molecule has 2 aromatic rings. The molecule has 1 atom stereocenters. The van der Waals surface area contributed by atoms with E-state index in [0.717, 1.165) is 30.4 Å². The van der Waals surface area contributed by atoms with Gasteiger partial charge in [0.1, 0.15) is 0 Å². The molecule has 0 heterocycles. The highest BCUT2D eigenvalue weighted by Gasteiger charge is 2.26. The lowest BCUT2D eigenvalue weighted by atomic mass is 9.76. The van der Waals surface area contributed by atoms with Gasteiger partial charge < -0.3 is 10.2 Å². The highest BCUT2D eigenvalue weighted by molar-refractivity contribution is 9.10. The fourth-order valence-electron chi connectivity index (χ4n) is 3.76. The largest absolute Gasteiger partial charge is 0.388 e. The van der Waals surface area contributed by atoms with E-state index in [0.29, 0.717) is 0 Å². The standard InChI is InChI=1S/C25H35BrN2/c1-7-25(5,23-18-21(26)13-15-24(23)27-6)16-10-11-20-12-14-22(17-19(20)4)28(8-2)9-3/h10-15,17-18,27H,7-9,16H2,1-6H3/b11-10+. The van der Waals surface area contributed by atoms with Crippen LogP contribution in [0.5, 0.6) is 0 Å².